The van der Waals surface area contributed by atoms with Crippen LogP contribution in [0.2, 0.25) is 4.44 Å². The van der Waals surface area contributed by atoms with Crippen LogP contribution in [0.25, 0.3) is 0 Å². The van der Waals surface area contributed by atoms with E-state index < -0.39 is 21.1 Å². The molecule has 0 amide bonds. The maximum absolute atomic E-state index is 8.53. The molecule has 0 unspecified atom stereocenters. The van der Waals surface area contributed by atoms with Gasteiger partial charge in [-0.2, -0.15) is 0 Å². The van der Waals surface area contributed by atoms with Crippen molar-refractivity contribution in [3.63, 3.8) is 0 Å². The normalized spacial score (nSPS) is 12.2. The number of rotatable bonds is 8. The third-order valence-corrected chi connectivity index (χ3v) is 6.41. The molecule has 0 saturated carbocycles. The zero-order valence-electron chi connectivity index (χ0n) is 8.26. The first-order valence-electron chi connectivity index (χ1n) is 5.17. The Morgan fingerprint density at radius 3 is 2.75 bits per heavy atom. The summed E-state index contributed by atoms with van der Waals surface area (Å²) in [5.41, 5.74) is 0. The van der Waals surface area contributed by atoms with Crippen molar-refractivity contribution in [2.45, 2.75) is 43.5 Å². The minimum absolute atomic E-state index is 0.354. The predicted molar refractivity (Wildman–Crippen MR) is 58.3 cm³/mol. The molecule has 12 heavy (non-hydrogen) atoms. The summed E-state index contributed by atoms with van der Waals surface area (Å²) >= 11 is -0.443. The van der Waals surface area contributed by atoms with Crippen molar-refractivity contribution in [1.82, 2.24) is 0 Å². The zero-order valence-corrected chi connectivity index (χ0v) is 12.3. The topological polar surface area (TPSA) is 20.2 Å². The van der Waals surface area contributed by atoms with Crippen molar-refractivity contribution < 1.29 is 5.11 Å². The van der Waals surface area contributed by atoms with Gasteiger partial charge in [0.2, 0.25) is 0 Å². The van der Waals surface area contributed by atoms with Gasteiger partial charge in [-0.15, -0.1) is 0 Å². The SMILES string of the molecule is CCC[CH2][SnH2][CH]=CCCCCO. The molecule has 0 aromatic heterocycles. The Balaban J connectivity index is 2.93. The third kappa shape index (κ3) is 10.5. The van der Waals surface area contributed by atoms with Gasteiger partial charge in [0.25, 0.3) is 0 Å². The summed E-state index contributed by atoms with van der Waals surface area (Å²) < 4.78 is 4.02. The Morgan fingerprint density at radius 1 is 1.25 bits per heavy atom. The summed E-state index contributed by atoms with van der Waals surface area (Å²) in [7, 11) is 0. The number of hydrogen-bond donors (Lipinski definition) is 1. The Labute approximate surface area is 86.5 Å². The van der Waals surface area contributed by atoms with Gasteiger partial charge >= 0.3 is 86.5 Å². The van der Waals surface area contributed by atoms with Gasteiger partial charge in [-0.25, -0.2) is 0 Å². The van der Waals surface area contributed by atoms with Gasteiger partial charge in [-0.1, -0.05) is 0 Å². The Bertz CT molecular complexity index is 90.0. The van der Waals surface area contributed by atoms with Crippen LogP contribution in [0.1, 0.15) is 39.0 Å². The van der Waals surface area contributed by atoms with Crippen LogP contribution in [0.3, 0.4) is 0 Å². The average Bonchev–Trinajstić information content (AvgIpc) is 2.10. The summed E-state index contributed by atoms with van der Waals surface area (Å²) in [5, 5.41) is 8.53. The molecule has 0 fully saturated rings. The van der Waals surface area contributed by atoms with E-state index in [9.17, 15) is 0 Å². The summed E-state index contributed by atoms with van der Waals surface area (Å²) in [4.78, 5) is 0. The van der Waals surface area contributed by atoms with Crippen molar-refractivity contribution in [3.05, 3.63) is 10.2 Å². The van der Waals surface area contributed by atoms with Crippen molar-refractivity contribution >= 4 is 21.1 Å². The van der Waals surface area contributed by atoms with Crippen LogP contribution in [-0.4, -0.2) is 32.9 Å². The van der Waals surface area contributed by atoms with Gasteiger partial charge in [-0.05, 0) is 0 Å². The van der Waals surface area contributed by atoms with Gasteiger partial charge < -0.3 is 0 Å². The van der Waals surface area contributed by atoms with Crippen molar-refractivity contribution in [3.8, 4) is 0 Å². The Kier molecular flexibility index (Phi) is 12.0. The summed E-state index contributed by atoms with van der Waals surface area (Å²) in [6, 6.07) is 0. The molecule has 0 atom stereocenters. The monoisotopic (exact) mass is 278 g/mol. The molecular formula is C10H22OSn. The summed E-state index contributed by atoms with van der Waals surface area (Å²) in [5.74, 6) is 0. The first kappa shape index (κ1) is 12.5. The quantitative estimate of drug-likeness (QED) is 0.532. The minimum atomic E-state index is -0.443. The van der Waals surface area contributed by atoms with E-state index >= 15 is 0 Å². The molecular weight excluding hydrogens is 255 g/mol. The molecule has 0 aromatic rings. The van der Waals surface area contributed by atoms with Crippen LogP contribution in [0.4, 0.5) is 0 Å². The molecule has 0 saturated heterocycles. The number of allylic oxidation sites excluding steroid dienone is 1. The van der Waals surface area contributed by atoms with Gasteiger partial charge in [0.1, 0.15) is 0 Å². The van der Waals surface area contributed by atoms with E-state index in [-0.39, 0.29) is 0 Å². The van der Waals surface area contributed by atoms with Crippen LogP contribution in [-0.2, 0) is 0 Å². The zero-order chi connectivity index (χ0) is 9.07. The maximum atomic E-state index is 8.53. The second-order valence-corrected chi connectivity index (χ2v) is 8.20. The first-order valence-corrected chi connectivity index (χ1v) is 10.4. The van der Waals surface area contributed by atoms with Crippen molar-refractivity contribution in [1.29, 1.82) is 0 Å². The molecule has 72 valence electrons. The molecule has 0 rings (SSSR count). The fourth-order valence-corrected chi connectivity index (χ4v) is 5.39. The predicted octanol–water partition coefficient (Wildman–Crippen LogP) is 2.05. The van der Waals surface area contributed by atoms with Gasteiger partial charge in [0.05, 0.1) is 0 Å². The molecule has 0 bridgehead atoms. The molecule has 0 aliphatic carbocycles. The third-order valence-electron chi connectivity index (χ3n) is 1.92. The Hall–Kier alpha value is 0.499. The van der Waals surface area contributed by atoms with E-state index in [0.29, 0.717) is 6.61 Å². The van der Waals surface area contributed by atoms with Gasteiger partial charge in [0.15, 0.2) is 0 Å². The van der Waals surface area contributed by atoms with E-state index in [1.165, 1.54) is 23.7 Å². The molecule has 1 nitrogen and oxygen atoms in total. The molecule has 2 heteroatoms. The number of hydrogen-bond acceptors (Lipinski definition) is 1. The fourth-order valence-electron chi connectivity index (χ4n) is 1.12. The summed E-state index contributed by atoms with van der Waals surface area (Å²) in [6.45, 7) is 2.61. The van der Waals surface area contributed by atoms with Crippen LogP contribution < -0.4 is 0 Å². The first-order chi connectivity index (χ1) is 5.91. The molecule has 0 aliphatic rings. The van der Waals surface area contributed by atoms with Crippen LogP contribution in [0.15, 0.2) is 10.2 Å². The molecule has 1 N–H and O–H groups in total. The molecule has 0 heterocycles. The van der Waals surface area contributed by atoms with Crippen LogP contribution >= 0.6 is 0 Å². The van der Waals surface area contributed by atoms with E-state index in [0.717, 1.165) is 12.8 Å². The average molecular weight is 277 g/mol. The fraction of sp³-hybridized carbons (Fsp3) is 0.800. The number of aliphatic hydroxyl groups excluding tert-OH is 1. The summed E-state index contributed by atoms with van der Waals surface area (Å²) in [6.07, 6.45) is 8.44. The van der Waals surface area contributed by atoms with Crippen molar-refractivity contribution in [2.24, 2.45) is 0 Å². The molecule has 0 spiro atoms. The van der Waals surface area contributed by atoms with Gasteiger partial charge in [-0.3, -0.25) is 0 Å². The molecule has 0 aliphatic heterocycles. The standard InChI is InChI=1S/C6H11O.C4H9.Sn.2H/c1-2-3-4-5-6-7;1-3-4-2;;;/h1-2,7H,3-6H2;1,3-4H2,2H3;;;. The number of aliphatic hydroxyl groups is 1. The van der Waals surface area contributed by atoms with Gasteiger partial charge in [0, 0.05) is 0 Å². The Morgan fingerprint density at radius 2 is 2.08 bits per heavy atom. The van der Waals surface area contributed by atoms with E-state index in [1.54, 1.807) is 0 Å². The molecule has 0 radical (unpaired) electrons. The van der Waals surface area contributed by atoms with E-state index in [2.05, 4.69) is 17.1 Å². The van der Waals surface area contributed by atoms with Crippen LogP contribution in [0, 0.1) is 0 Å². The number of unbranched alkanes of at least 4 members (excludes halogenated alkanes) is 3. The van der Waals surface area contributed by atoms with Crippen LogP contribution in [0.5, 0.6) is 0 Å². The van der Waals surface area contributed by atoms with E-state index in [1.807, 2.05) is 0 Å². The molecule has 0 aromatic carbocycles. The second kappa shape index (κ2) is 11.5. The van der Waals surface area contributed by atoms with Crippen molar-refractivity contribution in [2.75, 3.05) is 6.61 Å². The second-order valence-electron chi connectivity index (χ2n) is 3.19. The van der Waals surface area contributed by atoms with E-state index in [4.69, 9.17) is 5.11 Å².